The van der Waals surface area contributed by atoms with Gasteiger partial charge in [-0.2, -0.15) is 0 Å². The number of halogens is 1. The van der Waals surface area contributed by atoms with Crippen LogP contribution in [0, 0.1) is 0 Å². The van der Waals surface area contributed by atoms with Crippen molar-refractivity contribution in [3.8, 4) is 50.2 Å². The second-order valence-corrected chi connectivity index (χ2v) is 13.3. The Morgan fingerprint density at radius 1 is 0.333 bits per heavy atom. The van der Waals surface area contributed by atoms with E-state index in [1.807, 2.05) is 0 Å². The zero-order chi connectivity index (χ0) is 32.0. The number of nitrogens with zero attached hydrogens (tertiary/aromatic N) is 1. The molecular formula is C46H30BrN. The van der Waals surface area contributed by atoms with Crippen molar-refractivity contribution >= 4 is 48.5 Å². The number of aromatic nitrogens is 1. The van der Waals surface area contributed by atoms with E-state index in [4.69, 9.17) is 0 Å². The summed E-state index contributed by atoms with van der Waals surface area (Å²) in [6.45, 7) is 0. The predicted molar refractivity (Wildman–Crippen MR) is 208 cm³/mol. The van der Waals surface area contributed by atoms with Crippen molar-refractivity contribution in [1.29, 1.82) is 0 Å². The Hall–Kier alpha value is -5.70. The molecule has 0 aliphatic carbocycles. The number of hydrogen-bond acceptors (Lipinski definition) is 0. The Morgan fingerprint density at radius 3 is 1.65 bits per heavy atom. The van der Waals surface area contributed by atoms with Crippen molar-refractivity contribution in [3.63, 3.8) is 0 Å². The van der Waals surface area contributed by atoms with Crippen LogP contribution in [-0.4, -0.2) is 4.57 Å². The Labute approximate surface area is 288 Å². The first-order valence-corrected chi connectivity index (χ1v) is 17.1. The summed E-state index contributed by atoms with van der Waals surface area (Å²) in [6, 6.07) is 65.9. The highest BCUT2D eigenvalue weighted by atomic mass is 79.9. The molecule has 0 saturated heterocycles. The first kappa shape index (κ1) is 28.5. The number of para-hydroxylation sites is 2. The van der Waals surface area contributed by atoms with E-state index in [0.717, 1.165) is 10.2 Å². The monoisotopic (exact) mass is 675 g/mol. The summed E-state index contributed by atoms with van der Waals surface area (Å²) in [5, 5.41) is 4.99. The highest BCUT2D eigenvalue weighted by Gasteiger charge is 2.15. The fraction of sp³-hybridized carbons (Fsp3) is 0. The molecule has 1 nitrogen and oxygen atoms in total. The maximum absolute atomic E-state index is 3.86. The lowest BCUT2D eigenvalue weighted by Crippen LogP contribution is -1.93. The molecule has 2 heteroatoms. The third-order valence-electron chi connectivity index (χ3n) is 9.42. The van der Waals surface area contributed by atoms with Crippen LogP contribution in [0.4, 0.5) is 0 Å². The molecule has 0 unspecified atom stereocenters. The highest BCUT2D eigenvalue weighted by Crippen LogP contribution is 2.40. The molecule has 0 N–H and O–H groups in total. The van der Waals surface area contributed by atoms with Crippen LogP contribution in [0.2, 0.25) is 0 Å². The number of hydrogen-bond donors (Lipinski definition) is 0. The van der Waals surface area contributed by atoms with Gasteiger partial charge >= 0.3 is 0 Å². The second kappa shape index (κ2) is 11.8. The minimum atomic E-state index is 1.06. The number of rotatable bonds is 5. The minimum Gasteiger partial charge on any atom is -0.309 e. The number of benzene rings is 8. The van der Waals surface area contributed by atoms with Crippen molar-refractivity contribution in [2.45, 2.75) is 0 Å². The maximum Gasteiger partial charge on any atom is 0.0547 e. The van der Waals surface area contributed by atoms with Gasteiger partial charge in [-0.15, -0.1) is 0 Å². The van der Waals surface area contributed by atoms with Crippen LogP contribution < -0.4 is 0 Å². The van der Waals surface area contributed by atoms with E-state index >= 15 is 0 Å². The summed E-state index contributed by atoms with van der Waals surface area (Å²) in [4.78, 5) is 0. The summed E-state index contributed by atoms with van der Waals surface area (Å²) < 4.78 is 3.44. The first-order chi connectivity index (χ1) is 23.7. The fourth-order valence-corrected chi connectivity index (χ4v) is 7.62. The van der Waals surface area contributed by atoms with E-state index in [-0.39, 0.29) is 0 Å². The highest BCUT2D eigenvalue weighted by molar-refractivity contribution is 9.10. The number of fused-ring (bicyclic) bond motifs is 4. The smallest absolute Gasteiger partial charge is 0.0547 e. The third kappa shape index (κ3) is 5.02. The summed E-state index contributed by atoms with van der Waals surface area (Å²) in [5.74, 6) is 0. The Morgan fingerprint density at radius 2 is 0.896 bits per heavy atom. The minimum absolute atomic E-state index is 1.06. The van der Waals surface area contributed by atoms with Crippen molar-refractivity contribution < 1.29 is 0 Å². The molecule has 226 valence electrons. The molecule has 1 aromatic heterocycles. The Bertz CT molecular complexity index is 2620. The lowest BCUT2D eigenvalue weighted by Gasteiger charge is -2.14. The van der Waals surface area contributed by atoms with Gasteiger partial charge in [0.05, 0.1) is 11.0 Å². The van der Waals surface area contributed by atoms with E-state index < -0.39 is 0 Å². The first-order valence-electron chi connectivity index (χ1n) is 16.3. The van der Waals surface area contributed by atoms with Crippen LogP contribution in [0.1, 0.15) is 0 Å². The van der Waals surface area contributed by atoms with Gasteiger partial charge in [-0.1, -0.05) is 143 Å². The normalized spacial score (nSPS) is 11.4. The van der Waals surface area contributed by atoms with Gasteiger partial charge in [0.1, 0.15) is 0 Å². The standard InChI is InChI=1S/C46H30BrN/c47-39-28-37(35-22-21-33-25-32(19-20-34(33)26-35)31-11-3-1-4-12-31)27-38(29-39)42-16-8-7-15-41(42)36-23-24-44-43-17-9-10-18-45(43)48(46(44)30-36)40-13-5-2-6-14-40/h1-30H. The molecule has 9 rings (SSSR count). The lowest BCUT2D eigenvalue weighted by atomic mass is 9.91. The zero-order valence-corrected chi connectivity index (χ0v) is 27.7. The lowest BCUT2D eigenvalue weighted by molar-refractivity contribution is 1.18. The molecule has 0 fully saturated rings. The average Bonchev–Trinajstić information content (AvgIpc) is 3.48. The summed E-state index contributed by atoms with van der Waals surface area (Å²) in [5.41, 5.74) is 13.2. The third-order valence-corrected chi connectivity index (χ3v) is 9.87. The van der Waals surface area contributed by atoms with Gasteiger partial charge in [-0.05, 0) is 110 Å². The van der Waals surface area contributed by atoms with Gasteiger partial charge in [0.15, 0.2) is 0 Å². The largest absolute Gasteiger partial charge is 0.309 e. The topological polar surface area (TPSA) is 4.93 Å². The van der Waals surface area contributed by atoms with Gasteiger partial charge < -0.3 is 4.57 Å². The van der Waals surface area contributed by atoms with Crippen molar-refractivity contribution in [2.24, 2.45) is 0 Å². The molecule has 0 saturated carbocycles. The van der Waals surface area contributed by atoms with Crippen molar-refractivity contribution in [1.82, 2.24) is 4.57 Å². The maximum atomic E-state index is 3.86. The fourth-order valence-electron chi connectivity index (χ4n) is 7.13. The van der Waals surface area contributed by atoms with Gasteiger partial charge in [-0.25, -0.2) is 0 Å². The van der Waals surface area contributed by atoms with Gasteiger partial charge in [0.25, 0.3) is 0 Å². The Kier molecular flexibility index (Phi) is 7.03. The van der Waals surface area contributed by atoms with Crippen LogP contribution in [-0.2, 0) is 0 Å². The van der Waals surface area contributed by atoms with E-state index in [2.05, 4.69) is 202 Å². The molecule has 0 amide bonds. The molecular weight excluding hydrogens is 646 g/mol. The summed E-state index contributed by atoms with van der Waals surface area (Å²) in [7, 11) is 0. The van der Waals surface area contributed by atoms with Gasteiger partial charge in [0.2, 0.25) is 0 Å². The van der Waals surface area contributed by atoms with E-state index in [9.17, 15) is 0 Å². The molecule has 0 atom stereocenters. The molecule has 0 aliphatic rings. The average molecular weight is 677 g/mol. The van der Waals surface area contributed by atoms with E-state index in [0.29, 0.717) is 0 Å². The summed E-state index contributed by atoms with van der Waals surface area (Å²) in [6.07, 6.45) is 0. The molecule has 48 heavy (non-hydrogen) atoms. The molecule has 0 aliphatic heterocycles. The summed E-state index contributed by atoms with van der Waals surface area (Å²) >= 11 is 3.86. The predicted octanol–water partition coefficient (Wildman–Crippen LogP) is 13.4. The van der Waals surface area contributed by atoms with Crippen LogP contribution >= 0.6 is 15.9 Å². The Balaban J connectivity index is 1.15. The van der Waals surface area contributed by atoms with Gasteiger partial charge in [0, 0.05) is 20.9 Å². The quantitative estimate of drug-likeness (QED) is 0.171. The molecule has 0 bridgehead atoms. The van der Waals surface area contributed by atoms with E-state index in [1.54, 1.807) is 0 Å². The van der Waals surface area contributed by atoms with Crippen LogP contribution in [0.15, 0.2) is 186 Å². The van der Waals surface area contributed by atoms with Crippen LogP contribution in [0.25, 0.3) is 82.8 Å². The zero-order valence-electron chi connectivity index (χ0n) is 26.1. The van der Waals surface area contributed by atoms with Crippen LogP contribution in [0.3, 0.4) is 0 Å². The van der Waals surface area contributed by atoms with Gasteiger partial charge in [-0.3, -0.25) is 0 Å². The molecule has 1 heterocycles. The second-order valence-electron chi connectivity index (χ2n) is 12.3. The van der Waals surface area contributed by atoms with Crippen molar-refractivity contribution in [2.75, 3.05) is 0 Å². The molecule has 0 spiro atoms. The molecule has 8 aromatic carbocycles. The SMILES string of the molecule is Brc1cc(-c2ccc3cc(-c4ccccc4)ccc3c2)cc(-c2ccccc2-c2ccc3c4ccccc4n(-c4ccccc4)c3c2)c1. The molecule has 0 radical (unpaired) electrons. The van der Waals surface area contributed by atoms with Crippen LogP contribution in [0.5, 0.6) is 0 Å². The molecule has 9 aromatic rings. The van der Waals surface area contributed by atoms with Crippen molar-refractivity contribution in [3.05, 3.63) is 186 Å². The van der Waals surface area contributed by atoms with E-state index in [1.165, 1.54) is 77.1 Å².